The largest absolute Gasteiger partial charge is 0.0776 e. The molecule has 2 aliphatic rings. The molecule has 0 saturated heterocycles. The minimum absolute atomic E-state index is 0. The normalized spacial score (nSPS) is 13.8. The quantitative estimate of drug-likeness (QED) is 0.237. The first-order valence-corrected chi connectivity index (χ1v) is 10.8. The molecule has 156 valence electrons. The highest BCUT2D eigenvalue weighted by molar-refractivity contribution is 5.94. The Morgan fingerprint density at radius 1 is 0.419 bits per heavy atom. The second-order valence-electron chi connectivity index (χ2n) is 9.93. The first-order chi connectivity index (χ1) is 14.4. The Morgan fingerprint density at radius 3 is 0.839 bits per heavy atom. The van der Waals surface area contributed by atoms with E-state index in [0.717, 1.165) is 0 Å². The summed E-state index contributed by atoms with van der Waals surface area (Å²) >= 11 is 0. The second kappa shape index (κ2) is 7.54. The zero-order chi connectivity index (χ0) is 20.9. The van der Waals surface area contributed by atoms with Crippen LogP contribution in [-0.2, 0) is 5.41 Å². The van der Waals surface area contributed by atoms with E-state index in [1.165, 1.54) is 44.5 Å². The lowest BCUT2D eigenvalue weighted by molar-refractivity contribution is 0.469. The van der Waals surface area contributed by atoms with Crippen molar-refractivity contribution in [1.82, 2.24) is 0 Å². The molecule has 6 rings (SSSR count). The summed E-state index contributed by atoms with van der Waals surface area (Å²) in [5.74, 6) is 0. The number of hydrogen-bond donors (Lipinski definition) is 0. The maximum Gasteiger partial charge on any atom is 0.0725 e. The van der Waals surface area contributed by atoms with E-state index < -0.39 is 0 Å². The number of fused-ring (bicyclic) bond motifs is 10. The van der Waals surface area contributed by atoms with Crippen molar-refractivity contribution in [2.75, 3.05) is 0 Å². The van der Waals surface area contributed by atoms with Crippen LogP contribution in [0.3, 0.4) is 0 Å². The van der Waals surface area contributed by atoms with Gasteiger partial charge in [-0.05, 0) is 49.9 Å². The van der Waals surface area contributed by atoms with Crippen LogP contribution in [0, 0.1) is 5.41 Å². The maximum absolute atomic E-state index is 2.31. The summed E-state index contributed by atoms with van der Waals surface area (Å²) in [5.41, 5.74) is 11.4. The summed E-state index contributed by atoms with van der Waals surface area (Å²) in [5, 5.41) is 0. The van der Waals surface area contributed by atoms with Crippen LogP contribution in [0.25, 0.3) is 22.3 Å². The van der Waals surface area contributed by atoms with E-state index in [2.05, 4.69) is 125 Å². The molecular formula is C31H32. The summed E-state index contributed by atoms with van der Waals surface area (Å²) in [4.78, 5) is 0. The van der Waals surface area contributed by atoms with E-state index in [1.807, 2.05) is 0 Å². The molecule has 31 heavy (non-hydrogen) atoms. The van der Waals surface area contributed by atoms with Crippen molar-refractivity contribution in [3.05, 3.63) is 119 Å². The van der Waals surface area contributed by atoms with Crippen LogP contribution < -0.4 is 0 Å². The molecule has 0 unspecified atom stereocenters. The summed E-state index contributed by atoms with van der Waals surface area (Å²) in [6.07, 6.45) is 0. The van der Waals surface area contributed by atoms with E-state index in [1.54, 1.807) is 0 Å². The van der Waals surface area contributed by atoms with Crippen LogP contribution in [0.1, 0.15) is 57.4 Å². The summed E-state index contributed by atoms with van der Waals surface area (Å²) < 4.78 is 0. The van der Waals surface area contributed by atoms with Crippen LogP contribution in [0.2, 0.25) is 0 Å². The number of rotatable bonds is 0. The standard InChI is InChI=1S/C25H16.C5H12.CH4/c1-5-13-21-17(9-1)18-10-2-6-14-22(18)25(21)23-15-7-3-11-19(23)20-12-4-8-16-24(20)25;1-5(2,3)4;/h1-16H;1-4H3;1H4. The molecule has 0 N–H and O–H groups in total. The molecule has 0 fully saturated rings. The monoisotopic (exact) mass is 404 g/mol. The molecule has 0 aromatic heterocycles. The third-order valence-corrected chi connectivity index (χ3v) is 5.90. The fourth-order valence-corrected chi connectivity index (χ4v) is 5.05. The highest BCUT2D eigenvalue weighted by atomic mass is 14.5. The lowest BCUT2D eigenvalue weighted by Gasteiger charge is -2.30. The van der Waals surface area contributed by atoms with E-state index in [0.29, 0.717) is 5.41 Å². The van der Waals surface area contributed by atoms with Crippen LogP contribution in [0.4, 0.5) is 0 Å². The molecule has 1 spiro atoms. The lowest BCUT2D eigenvalue weighted by atomic mass is 9.70. The topological polar surface area (TPSA) is 0 Å². The summed E-state index contributed by atoms with van der Waals surface area (Å²) in [6.45, 7) is 8.75. The predicted molar refractivity (Wildman–Crippen MR) is 135 cm³/mol. The van der Waals surface area contributed by atoms with Crippen molar-refractivity contribution < 1.29 is 0 Å². The van der Waals surface area contributed by atoms with Gasteiger partial charge in [0, 0.05) is 0 Å². The molecule has 0 nitrogen and oxygen atoms in total. The minimum Gasteiger partial charge on any atom is -0.0776 e. The molecule has 0 heterocycles. The fraction of sp³-hybridized carbons (Fsp3) is 0.226. The van der Waals surface area contributed by atoms with Gasteiger partial charge in [0.1, 0.15) is 0 Å². The van der Waals surface area contributed by atoms with Crippen LogP contribution in [-0.4, -0.2) is 0 Å². The van der Waals surface area contributed by atoms with Gasteiger partial charge >= 0.3 is 0 Å². The Bertz CT molecular complexity index is 1040. The van der Waals surface area contributed by atoms with Gasteiger partial charge in [-0.3, -0.25) is 0 Å². The molecule has 0 atom stereocenters. The van der Waals surface area contributed by atoms with Crippen molar-refractivity contribution >= 4 is 0 Å². The van der Waals surface area contributed by atoms with Crippen LogP contribution in [0.15, 0.2) is 97.1 Å². The highest BCUT2D eigenvalue weighted by Crippen LogP contribution is 2.62. The fourth-order valence-electron chi connectivity index (χ4n) is 5.05. The third kappa shape index (κ3) is 3.13. The average molecular weight is 405 g/mol. The maximum atomic E-state index is 2.31. The zero-order valence-electron chi connectivity index (χ0n) is 18.2. The van der Waals surface area contributed by atoms with Crippen molar-refractivity contribution in [3.63, 3.8) is 0 Å². The van der Waals surface area contributed by atoms with Crippen LogP contribution >= 0.6 is 0 Å². The number of benzene rings is 4. The lowest BCUT2D eigenvalue weighted by Crippen LogP contribution is -2.25. The van der Waals surface area contributed by atoms with Gasteiger partial charge in [0.15, 0.2) is 0 Å². The van der Waals surface area contributed by atoms with Gasteiger partial charge in [-0.15, -0.1) is 0 Å². The first kappa shape index (κ1) is 21.1. The molecular weight excluding hydrogens is 372 g/mol. The van der Waals surface area contributed by atoms with Crippen molar-refractivity contribution in [1.29, 1.82) is 0 Å². The van der Waals surface area contributed by atoms with Crippen molar-refractivity contribution in [2.45, 2.75) is 40.5 Å². The minimum atomic E-state index is -0.180. The van der Waals surface area contributed by atoms with Crippen molar-refractivity contribution in [3.8, 4) is 22.3 Å². The van der Waals surface area contributed by atoms with Gasteiger partial charge in [-0.25, -0.2) is 0 Å². The molecule has 0 bridgehead atoms. The van der Waals surface area contributed by atoms with Crippen LogP contribution in [0.5, 0.6) is 0 Å². The van der Waals surface area contributed by atoms with Gasteiger partial charge in [0.25, 0.3) is 0 Å². The second-order valence-corrected chi connectivity index (χ2v) is 9.93. The molecule has 0 amide bonds. The van der Waals surface area contributed by atoms with E-state index in [-0.39, 0.29) is 12.8 Å². The van der Waals surface area contributed by atoms with Gasteiger partial charge in [0.05, 0.1) is 5.41 Å². The first-order valence-electron chi connectivity index (χ1n) is 10.8. The SMILES string of the molecule is C.CC(C)(C)C.c1ccc2c(c1)-c1ccccc1C21c2ccccc2-c2ccccc21. The summed E-state index contributed by atoms with van der Waals surface area (Å²) in [6, 6.07) is 35.7. The Balaban J connectivity index is 0.000000350. The van der Waals surface area contributed by atoms with Gasteiger partial charge < -0.3 is 0 Å². The molecule has 4 aromatic carbocycles. The Kier molecular flexibility index (Phi) is 5.13. The Hall–Kier alpha value is -3.12. The average Bonchev–Trinajstić information content (AvgIpc) is 3.20. The molecule has 0 radical (unpaired) electrons. The molecule has 0 aliphatic heterocycles. The predicted octanol–water partition coefficient (Wildman–Crippen LogP) is 8.72. The van der Waals surface area contributed by atoms with E-state index >= 15 is 0 Å². The van der Waals surface area contributed by atoms with Gasteiger partial charge in [0.2, 0.25) is 0 Å². The number of hydrogen-bond acceptors (Lipinski definition) is 0. The molecule has 4 aromatic rings. The highest BCUT2D eigenvalue weighted by Gasteiger charge is 2.51. The Morgan fingerprint density at radius 2 is 0.613 bits per heavy atom. The molecule has 2 aliphatic carbocycles. The van der Waals surface area contributed by atoms with Crippen molar-refractivity contribution in [2.24, 2.45) is 5.41 Å². The van der Waals surface area contributed by atoms with E-state index in [9.17, 15) is 0 Å². The zero-order valence-corrected chi connectivity index (χ0v) is 18.2. The Labute approximate surface area is 187 Å². The molecule has 0 heteroatoms. The van der Waals surface area contributed by atoms with Gasteiger partial charge in [-0.1, -0.05) is 132 Å². The van der Waals surface area contributed by atoms with E-state index in [4.69, 9.17) is 0 Å². The smallest absolute Gasteiger partial charge is 0.0725 e. The molecule has 0 saturated carbocycles. The summed E-state index contributed by atoms with van der Waals surface area (Å²) in [7, 11) is 0. The van der Waals surface area contributed by atoms with Gasteiger partial charge in [-0.2, -0.15) is 0 Å². The third-order valence-electron chi connectivity index (χ3n) is 5.90.